The van der Waals surface area contributed by atoms with Crippen LogP contribution in [0.3, 0.4) is 0 Å². The molecule has 1 fully saturated rings. The third-order valence-electron chi connectivity index (χ3n) is 4.51. The highest BCUT2D eigenvalue weighted by Crippen LogP contribution is 2.24. The molecule has 154 valence electrons. The van der Waals surface area contributed by atoms with Crippen LogP contribution in [0.5, 0.6) is 5.75 Å². The first-order chi connectivity index (χ1) is 12.9. The summed E-state index contributed by atoms with van der Waals surface area (Å²) in [6.07, 6.45) is 1.28. The number of benzene rings is 1. The largest absolute Gasteiger partial charge is 0.497 e. The van der Waals surface area contributed by atoms with Crippen LogP contribution < -0.4 is 10.1 Å². The number of nitrogens with one attached hydrogen (secondary N) is 1. The van der Waals surface area contributed by atoms with E-state index in [4.69, 9.17) is 9.47 Å². The van der Waals surface area contributed by atoms with Crippen LogP contribution in [0.25, 0.3) is 0 Å². The SMILES string of the molecule is COc1ccc(C(=O)NC(C)(C)C(=O)N2CCCC2C(=O)OC(C)(C)C)cc1. The molecule has 1 aliphatic rings. The first-order valence-corrected chi connectivity index (χ1v) is 9.45. The average molecular weight is 390 g/mol. The van der Waals surface area contributed by atoms with Crippen LogP contribution in [-0.4, -0.2) is 53.5 Å². The Morgan fingerprint density at radius 3 is 2.21 bits per heavy atom. The molecule has 28 heavy (non-hydrogen) atoms. The van der Waals surface area contributed by atoms with Crippen LogP contribution in [0, 0.1) is 0 Å². The van der Waals surface area contributed by atoms with E-state index in [1.807, 2.05) is 0 Å². The van der Waals surface area contributed by atoms with Crippen LogP contribution in [-0.2, 0) is 14.3 Å². The predicted molar refractivity (Wildman–Crippen MR) is 105 cm³/mol. The first-order valence-electron chi connectivity index (χ1n) is 9.45. The summed E-state index contributed by atoms with van der Waals surface area (Å²) >= 11 is 0. The van der Waals surface area contributed by atoms with Crippen molar-refractivity contribution in [3.63, 3.8) is 0 Å². The molecule has 1 N–H and O–H groups in total. The monoisotopic (exact) mass is 390 g/mol. The van der Waals surface area contributed by atoms with Crippen LogP contribution >= 0.6 is 0 Å². The quantitative estimate of drug-likeness (QED) is 0.781. The summed E-state index contributed by atoms with van der Waals surface area (Å²) in [6.45, 7) is 9.13. The maximum Gasteiger partial charge on any atom is 0.329 e. The normalized spacial score (nSPS) is 17.2. The number of nitrogens with zero attached hydrogens (tertiary/aromatic N) is 1. The molecule has 0 saturated carbocycles. The second kappa shape index (κ2) is 8.20. The highest BCUT2D eigenvalue weighted by molar-refractivity contribution is 5.99. The van der Waals surface area contributed by atoms with E-state index in [1.54, 1.807) is 66.0 Å². The minimum atomic E-state index is -1.17. The standard InChI is InChI=1S/C21H30N2O5/c1-20(2,3)28-18(25)16-8-7-13-23(16)19(26)21(4,5)22-17(24)14-9-11-15(27-6)12-10-14/h9-12,16H,7-8,13H2,1-6H3,(H,22,24). The van der Waals surface area contributed by atoms with Crippen molar-refractivity contribution < 1.29 is 23.9 Å². The second-order valence-corrected chi connectivity index (χ2v) is 8.50. The number of rotatable bonds is 5. The summed E-state index contributed by atoms with van der Waals surface area (Å²) in [5.74, 6) is -0.434. The van der Waals surface area contributed by atoms with Crippen molar-refractivity contribution in [3.8, 4) is 5.75 Å². The Morgan fingerprint density at radius 1 is 1.07 bits per heavy atom. The number of esters is 1. The number of carbonyl (C=O) groups is 3. The lowest BCUT2D eigenvalue weighted by atomic mass is 10.0. The molecule has 7 heteroatoms. The van der Waals surface area contributed by atoms with E-state index in [0.29, 0.717) is 24.3 Å². The molecule has 0 radical (unpaired) electrons. The summed E-state index contributed by atoms with van der Waals surface area (Å²) in [5.41, 5.74) is -1.36. The Kier molecular flexibility index (Phi) is 6.37. The second-order valence-electron chi connectivity index (χ2n) is 8.50. The van der Waals surface area contributed by atoms with Gasteiger partial charge in [0, 0.05) is 12.1 Å². The van der Waals surface area contributed by atoms with Gasteiger partial charge in [-0.15, -0.1) is 0 Å². The van der Waals surface area contributed by atoms with Crippen molar-refractivity contribution in [2.24, 2.45) is 0 Å². The summed E-state index contributed by atoms with van der Waals surface area (Å²) in [4.78, 5) is 39.7. The van der Waals surface area contributed by atoms with Gasteiger partial charge in [-0.2, -0.15) is 0 Å². The van der Waals surface area contributed by atoms with Gasteiger partial charge >= 0.3 is 5.97 Å². The zero-order valence-electron chi connectivity index (χ0n) is 17.5. The van der Waals surface area contributed by atoms with Gasteiger partial charge in [-0.1, -0.05) is 0 Å². The van der Waals surface area contributed by atoms with E-state index >= 15 is 0 Å². The summed E-state index contributed by atoms with van der Waals surface area (Å²) in [5, 5.41) is 2.77. The fourth-order valence-electron chi connectivity index (χ4n) is 3.14. The molecule has 1 atom stereocenters. The maximum atomic E-state index is 13.1. The van der Waals surface area contributed by atoms with Gasteiger partial charge in [0.25, 0.3) is 5.91 Å². The molecule has 2 rings (SSSR count). The van der Waals surface area contributed by atoms with Crippen LogP contribution in [0.2, 0.25) is 0 Å². The number of ether oxygens (including phenoxy) is 2. The third kappa shape index (κ3) is 5.24. The highest BCUT2D eigenvalue weighted by Gasteiger charge is 2.42. The van der Waals surface area contributed by atoms with Crippen molar-refractivity contribution in [1.29, 1.82) is 0 Å². The summed E-state index contributed by atoms with van der Waals surface area (Å²) < 4.78 is 10.5. The molecule has 7 nitrogen and oxygen atoms in total. The Morgan fingerprint density at radius 2 is 1.68 bits per heavy atom. The fourth-order valence-corrected chi connectivity index (χ4v) is 3.14. The van der Waals surface area contributed by atoms with Gasteiger partial charge in [0.2, 0.25) is 5.91 Å². The highest BCUT2D eigenvalue weighted by atomic mass is 16.6. The van der Waals surface area contributed by atoms with E-state index in [-0.39, 0.29) is 11.8 Å². The molecule has 1 saturated heterocycles. The molecule has 0 bridgehead atoms. The van der Waals surface area contributed by atoms with Gasteiger partial charge in [0.15, 0.2) is 0 Å². The van der Waals surface area contributed by atoms with Gasteiger partial charge in [-0.05, 0) is 71.7 Å². The smallest absolute Gasteiger partial charge is 0.329 e. The zero-order valence-corrected chi connectivity index (χ0v) is 17.5. The Bertz CT molecular complexity index is 734. The van der Waals surface area contributed by atoms with Crippen molar-refractivity contribution in [1.82, 2.24) is 10.2 Å². The minimum Gasteiger partial charge on any atom is -0.497 e. The molecular weight excluding hydrogens is 360 g/mol. The number of amides is 2. The minimum absolute atomic E-state index is 0.303. The van der Waals surface area contributed by atoms with Crippen LogP contribution in [0.1, 0.15) is 57.8 Å². The van der Waals surface area contributed by atoms with E-state index in [1.165, 1.54) is 4.90 Å². The lowest BCUT2D eigenvalue weighted by molar-refractivity contribution is -0.164. The maximum absolute atomic E-state index is 13.1. The van der Waals surface area contributed by atoms with Gasteiger partial charge in [0.1, 0.15) is 22.9 Å². The zero-order chi connectivity index (χ0) is 21.1. The van der Waals surface area contributed by atoms with Crippen molar-refractivity contribution in [2.75, 3.05) is 13.7 Å². The van der Waals surface area contributed by atoms with E-state index in [9.17, 15) is 14.4 Å². The Balaban J connectivity index is 2.09. The Hall–Kier alpha value is -2.57. The van der Waals surface area contributed by atoms with Gasteiger partial charge in [-0.3, -0.25) is 9.59 Å². The average Bonchev–Trinajstić information content (AvgIpc) is 3.09. The molecule has 0 aliphatic carbocycles. The molecule has 0 aromatic heterocycles. The number of methoxy groups -OCH3 is 1. The number of hydrogen-bond donors (Lipinski definition) is 1. The predicted octanol–water partition coefficient (Wildman–Crippen LogP) is 2.54. The molecule has 1 aromatic carbocycles. The molecule has 1 aliphatic heterocycles. The van der Waals surface area contributed by atoms with Crippen LogP contribution in [0.4, 0.5) is 0 Å². The fraction of sp³-hybridized carbons (Fsp3) is 0.571. The number of carbonyl (C=O) groups excluding carboxylic acids is 3. The van der Waals surface area contributed by atoms with Crippen molar-refractivity contribution in [2.45, 2.75) is 64.6 Å². The molecule has 1 unspecified atom stereocenters. The summed E-state index contributed by atoms with van der Waals surface area (Å²) in [7, 11) is 1.55. The van der Waals surface area contributed by atoms with Crippen LogP contribution in [0.15, 0.2) is 24.3 Å². The summed E-state index contributed by atoms with van der Waals surface area (Å²) in [6, 6.07) is 6.01. The van der Waals surface area contributed by atoms with Gasteiger partial charge in [0.05, 0.1) is 7.11 Å². The lowest BCUT2D eigenvalue weighted by Gasteiger charge is -2.34. The molecule has 0 spiro atoms. The molecule has 2 amide bonds. The lowest BCUT2D eigenvalue weighted by Crippen LogP contribution is -2.58. The van der Waals surface area contributed by atoms with E-state index in [2.05, 4.69) is 5.32 Å². The molecular formula is C21H30N2O5. The van der Waals surface area contributed by atoms with E-state index < -0.39 is 23.2 Å². The third-order valence-corrected chi connectivity index (χ3v) is 4.51. The Labute approximate surface area is 166 Å². The topological polar surface area (TPSA) is 84.9 Å². The van der Waals surface area contributed by atoms with Crippen molar-refractivity contribution >= 4 is 17.8 Å². The molecule has 1 aromatic rings. The molecule has 1 heterocycles. The van der Waals surface area contributed by atoms with Gasteiger partial charge < -0.3 is 19.7 Å². The van der Waals surface area contributed by atoms with Gasteiger partial charge in [-0.25, -0.2) is 4.79 Å². The first kappa shape index (κ1) is 21.7. The van der Waals surface area contributed by atoms with Crippen molar-refractivity contribution in [3.05, 3.63) is 29.8 Å². The number of hydrogen-bond acceptors (Lipinski definition) is 5. The van der Waals surface area contributed by atoms with E-state index in [0.717, 1.165) is 6.42 Å². The number of likely N-dealkylation sites (tertiary alicyclic amines) is 1.